The molecule has 2 bridgehead atoms. The Morgan fingerprint density at radius 3 is 2.50 bits per heavy atom. The van der Waals surface area contributed by atoms with Gasteiger partial charge < -0.3 is 9.84 Å². The van der Waals surface area contributed by atoms with E-state index in [1.807, 2.05) is 12.1 Å². The summed E-state index contributed by atoms with van der Waals surface area (Å²) in [6.45, 7) is 2.06. The van der Waals surface area contributed by atoms with Gasteiger partial charge in [0.25, 0.3) is 0 Å². The number of ether oxygens (including phenoxy) is 1. The van der Waals surface area contributed by atoms with Crippen molar-refractivity contribution in [3.8, 4) is 5.75 Å². The SMILES string of the molecule is Cc1ccc(OC2CC3C=CC2C3O)cc1. The van der Waals surface area contributed by atoms with Crippen LogP contribution in [0.25, 0.3) is 0 Å². The lowest BCUT2D eigenvalue weighted by atomic mass is 10.0. The Labute approximate surface area is 95.6 Å². The molecule has 2 aliphatic carbocycles. The smallest absolute Gasteiger partial charge is 0.119 e. The quantitative estimate of drug-likeness (QED) is 0.769. The highest BCUT2D eigenvalue weighted by Gasteiger charge is 2.45. The van der Waals surface area contributed by atoms with Crippen molar-refractivity contribution in [2.75, 3.05) is 0 Å². The zero-order chi connectivity index (χ0) is 11.1. The van der Waals surface area contributed by atoms with Crippen molar-refractivity contribution in [2.24, 2.45) is 11.8 Å². The predicted octanol–water partition coefficient (Wildman–Crippen LogP) is 2.31. The molecule has 0 aromatic heterocycles. The van der Waals surface area contributed by atoms with Crippen LogP contribution in [0.2, 0.25) is 0 Å². The Balaban J connectivity index is 1.72. The molecule has 1 aromatic rings. The highest BCUT2D eigenvalue weighted by atomic mass is 16.5. The van der Waals surface area contributed by atoms with Crippen LogP contribution in [0.4, 0.5) is 0 Å². The minimum atomic E-state index is -0.226. The minimum Gasteiger partial charge on any atom is -0.490 e. The fourth-order valence-corrected chi connectivity index (χ4v) is 2.69. The van der Waals surface area contributed by atoms with E-state index < -0.39 is 0 Å². The van der Waals surface area contributed by atoms with E-state index in [1.54, 1.807) is 0 Å². The molecule has 0 aliphatic heterocycles. The first-order valence-corrected chi connectivity index (χ1v) is 5.84. The van der Waals surface area contributed by atoms with E-state index in [2.05, 4.69) is 31.2 Å². The first kappa shape index (κ1) is 9.91. The van der Waals surface area contributed by atoms with Crippen molar-refractivity contribution in [2.45, 2.75) is 25.6 Å². The second-order valence-corrected chi connectivity index (χ2v) is 4.82. The number of aryl methyl sites for hydroxylation is 1. The monoisotopic (exact) mass is 216 g/mol. The van der Waals surface area contributed by atoms with Gasteiger partial charge in [-0.05, 0) is 25.5 Å². The first-order valence-electron chi connectivity index (χ1n) is 5.84. The Morgan fingerprint density at radius 2 is 1.94 bits per heavy atom. The van der Waals surface area contributed by atoms with Crippen molar-refractivity contribution < 1.29 is 9.84 Å². The van der Waals surface area contributed by atoms with Gasteiger partial charge in [-0.25, -0.2) is 0 Å². The minimum absolute atomic E-state index is 0.146. The molecule has 0 saturated heterocycles. The molecule has 16 heavy (non-hydrogen) atoms. The molecule has 1 aromatic carbocycles. The predicted molar refractivity (Wildman–Crippen MR) is 62.3 cm³/mol. The van der Waals surface area contributed by atoms with E-state index in [9.17, 15) is 5.11 Å². The number of hydrogen-bond donors (Lipinski definition) is 1. The summed E-state index contributed by atoms with van der Waals surface area (Å²) >= 11 is 0. The highest BCUT2D eigenvalue weighted by molar-refractivity contribution is 5.27. The Morgan fingerprint density at radius 1 is 1.19 bits per heavy atom. The third-order valence-electron chi connectivity index (χ3n) is 3.66. The first-order chi connectivity index (χ1) is 7.74. The average molecular weight is 216 g/mol. The van der Waals surface area contributed by atoms with Gasteiger partial charge in [-0.3, -0.25) is 0 Å². The van der Waals surface area contributed by atoms with Gasteiger partial charge in [-0.1, -0.05) is 29.8 Å². The summed E-state index contributed by atoms with van der Waals surface area (Å²) in [7, 11) is 0. The van der Waals surface area contributed by atoms with E-state index in [0.717, 1.165) is 12.2 Å². The Bertz CT molecular complexity index is 407. The second kappa shape index (κ2) is 3.63. The van der Waals surface area contributed by atoms with Crippen LogP contribution in [0.1, 0.15) is 12.0 Å². The molecule has 0 heterocycles. The molecular formula is C14H16O2. The molecule has 2 nitrogen and oxygen atoms in total. The van der Waals surface area contributed by atoms with Crippen molar-refractivity contribution in [3.05, 3.63) is 42.0 Å². The van der Waals surface area contributed by atoms with Gasteiger partial charge in [-0.2, -0.15) is 0 Å². The lowest BCUT2D eigenvalue weighted by Crippen LogP contribution is -2.24. The van der Waals surface area contributed by atoms with Gasteiger partial charge in [0.05, 0.1) is 6.10 Å². The lowest BCUT2D eigenvalue weighted by molar-refractivity contribution is 0.104. The summed E-state index contributed by atoms with van der Waals surface area (Å²) in [6.07, 6.45) is 5.07. The highest BCUT2D eigenvalue weighted by Crippen LogP contribution is 2.41. The maximum Gasteiger partial charge on any atom is 0.119 e. The third kappa shape index (κ3) is 1.54. The average Bonchev–Trinajstić information content (AvgIpc) is 2.78. The van der Waals surface area contributed by atoms with Crippen LogP contribution in [0.5, 0.6) is 5.75 Å². The molecule has 4 unspecified atom stereocenters. The van der Waals surface area contributed by atoms with Crippen LogP contribution < -0.4 is 4.74 Å². The molecule has 2 aliphatic rings. The van der Waals surface area contributed by atoms with Gasteiger partial charge in [0.15, 0.2) is 0 Å². The van der Waals surface area contributed by atoms with E-state index in [-0.39, 0.29) is 18.1 Å². The van der Waals surface area contributed by atoms with Gasteiger partial charge in [0.1, 0.15) is 11.9 Å². The van der Waals surface area contributed by atoms with E-state index in [1.165, 1.54) is 5.56 Å². The maximum atomic E-state index is 9.88. The number of aliphatic hydroxyl groups excluding tert-OH is 1. The van der Waals surface area contributed by atoms with Crippen molar-refractivity contribution >= 4 is 0 Å². The Hall–Kier alpha value is -1.28. The largest absolute Gasteiger partial charge is 0.490 e. The summed E-state index contributed by atoms with van der Waals surface area (Å²) in [5.41, 5.74) is 1.24. The molecule has 1 N–H and O–H groups in total. The van der Waals surface area contributed by atoms with E-state index in [4.69, 9.17) is 4.74 Å². The standard InChI is InChI=1S/C14H16O2/c1-9-2-5-11(6-3-9)16-13-8-10-4-7-12(13)14(10)15/h2-7,10,12-15H,8H2,1H3. The third-order valence-corrected chi connectivity index (χ3v) is 3.66. The maximum absolute atomic E-state index is 9.88. The summed E-state index contributed by atoms with van der Waals surface area (Å²) in [5, 5.41) is 9.88. The van der Waals surface area contributed by atoms with Crippen molar-refractivity contribution in [1.29, 1.82) is 0 Å². The van der Waals surface area contributed by atoms with Crippen LogP contribution in [-0.2, 0) is 0 Å². The van der Waals surface area contributed by atoms with Crippen LogP contribution in [-0.4, -0.2) is 17.3 Å². The normalized spacial score (nSPS) is 35.6. The van der Waals surface area contributed by atoms with Crippen LogP contribution in [0, 0.1) is 18.8 Å². The van der Waals surface area contributed by atoms with Gasteiger partial charge in [-0.15, -0.1) is 0 Å². The summed E-state index contributed by atoms with van der Waals surface area (Å²) in [4.78, 5) is 0. The molecule has 2 heteroatoms. The van der Waals surface area contributed by atoms with E-state index in [0.29, 0.717) is 5.92 Å². The molecule has 0 radical (unpaired) electrons. The van der Waals surface area contributed by atoms with Gasteiger partial charge in [0.2, 0.25) is 0 Å². The zero-order valence-corrected chi connectivity index (χ0v) is 9.34. The molecular weight excluding hydrogens is 200 g/mol. The molecule has 1 saturated carbocycles. The second-order valence-electron chi connectivity index (χ2n) is 4.82. The molecule has 84 valence electrons. The fourth-order valence-electron chi connectivity index (χ4n) is 2.69. The number of fused-ring (bicyclic) bond motifs is 2. The summed E-state index contributed by atoms with van der Waals surface area (Å²) in [6, 6.07) is 8.10. The molecule has 0 spiro atoms. The van der Waals surface area contributed by atoms with Crippen LogP contribution in [0.3, 0.4) is 0 Å². The molecule has 3 rings (SSSR count). The lowest BCUT2D eigenvalue weighted by Gasteiger charge is -2.20. The number of hydrogen-bond acceptors (Lipinski definition) is 2. The fraction of sp³-hybridized carbons (Fsp3) is 0.429. The van der Waals surface area contributed by atoms with Gasteiger partial charge in [0, 0.05) is 11.8 Å². The van der Waals surface area contributed by atoms with Gasteiger partial charge >= 0.3 is 0 Å². The van der Waals surface area contributed by atoms with Crippen LogP contribution >= 0.6 is 0 Å². The topological polar surface area (TPSA) is 29.5 Å². The number of rotatable bonds is 2. The van der Waals surface area contributed by atoms with Crippen molar-refractivity contribution in [3.63, 3.8) is 0 Å². The summed E-state index contributed by atoms with van der Waals surface area (Å²) in [5.74, 6) is 1.40. The summed E-state index contributed by atoms with van der Waals surface area (Å²) < 4.78 is 5.92. The number of benzene rings is 1. The molecule has 0 amide bonds. The van der Waals surface area contributed by atoms with E-state index >= 15 is 0 Å². The zero-order valence-electron chi connectivity index (χ0n) is 9.34. The Kier molecular flexibility index (Phi) is 2.25. The van der Waals surface area contributed by atoms with Crippen molar-refractivity contribution in [1.82, 2.24) is 0 Å². The van der Waals surface area contributed by atoms with Crippen LogP contribution in [0.15, 0.2) is 36.4 Å². The molecule has 4 atom stereocenters. The molecule has 1 fully saturated rings. The number of aliphatic hydroxyl groups is 1.